The van der Waals surface area contributed by atoms with Crippen molar-refractivity contribution in [1.82, 2.24) is 9.80 Å². The van der Waals surface area contributed by atoms with E-state index in [0.717, 1.165) is 31.5 Å². The van der Waals surface area contributed by atoms with Crippen molar-refractivity contribution in [2.45, 2.75) is 39.3 Å². The number of rotatable bonds is 5. The summed E-state index contributed by atoms with van der Waals surface area (Å²) in [5, 5.41) is 0. The number of carbonyl (C=O) groups excluding carboxylic acids is 1. The summed E-state index contributed by atoms with van der Waals surface area (Å²) in [7, 11) is 1.48. The number of hydrogen-bond acceptors (Lipinski definition) is 3. The highest BCUT2D eigenvalue weighted by Gasteiger charge is 2.40. The molecular formula is C20H27FN2O2. The number of ether oxygens (including phenoxy) is 1. The third kappa shape index (κ3) is 4.03. The highest BCUT2D eigenvalue weighted by atomic mass is 19.1. The number of allylic oxidation sites excluding steroid dienone is 1. The number of amides is 1. The van der Waals surface area contributed by atoms with Crippen LogP contribution in [-0.4, -0.2) is 48.5 Å². The molecule has 25 heavy (non-hydrogen) atoms. The molecule has 3 heterocycles. The van der Waals surface area contributed by atoms with Gasteiger partial charge in [0.2, 0.25) is 5.91 Å². The van der Waals surface area contributed by atoms with E-state index in [0.29, 0.717) is 13.1 Å². The monoisotopic (exact) mass is 346 g/mol. The molecule has 5 heteroatoms. The molecule has 0 unspecified atom stereocenters. The van der Waals surface area contributed by atoms with Crippen LogP contribution in [0.15, 0.2) is 29.8 Å². The molecule has 1 aromatic carbocycles. The van der Waals surface area contributed by atoms with Gasteiger partial charge < -0.3 is 9.64 Å². The molecule has 4 rings (SSSR count). The van der Waals surface area contributed by atoms with Crippen molar-refractivity contribution in [3.63, 3.8) is 0 Å². The van der Waals surface area contributed by atoms with Crippen LogP contribution >= 0.6 is 0 Å². The largest absolute Gasteiger partial charge is 0.494 e. The first-order valence-corrected chi connectivity index (χ1v) is 8.96. The van der Waals surface area contributed by atoms with Gasteiger partial charge in [0, 0.05) is 32.2 Å². The van der Waals surface area contributed by atoms with Crippen molar-refractivity contribution in [3.05, 3.63) is 41.2 Å². The lowest BCUT2D eigenvalue weighted by molar-refractivity contribution is -0.139. The van der Waals surface area contributed by atoms with Crippen LogP contribution < -0.4 is 4.74 Å². The highest BCUT2D eigenvalue weighted by Crippen LogP contribution is 2.30. The van der Waals surface area contributed by atoms with Gasteiger partial charge in [0.15, 0.2) is 11.6 Å². The van der Waals surface area contributed by atoms with E-state index in [1.54, 1.807) is 12.1 Å². The summed E-state index contributed by atoms with van der Waals surface area (Å²) in [4.78, 5) is 17.1. The number of hydrogen-bond donors (Lipinski definition) is 0. The van der Waals surface area contributed by atoms with Crippen LogP contribution in [0.3, 0.4) is 0 Å². The zero-order chi connectivity index (χ0) is 18.0. The fourth-order valence-electron chi connectivity index (χ4n) is 3.84. The summed E-state index contributed by atoms with van der Waals surface area (Å²) in [6.07, 6.45) is 4.17. The first-order valence-electron chi connectivity index (χ1n) is 8.96. The van der Waals surface area contributed by atoms with Crippen LogP contribution in [0.25, 0.3) is 0 Å². The standard InChI is InChI=1S/C20H27FN2O2/c1-14(2)8-9-23-17-6-5-16(20(23)24)12-22(13-17)11-15-4-7-18(21)19(10-15)25-3/h4,7-8,10,16-17H,5-6,9,11-13H2,1-3H3/t16-,17+/m0/s1. The maximum absolute atomic E-state index is 13.6. The number of nitrogens with zero attached hydrogens (tertiary/aromatic N) is 2. The molecule has 2 atom stereocenters. The molecule has 3 aliphatic rings. The third-order valence-electron chi connectivity index (χ3n) is 5.19. The van der Waals surface area contributed by atoms with Crippen molar-refractivity contribution in [3.8, 4) is 5.75 Å². The SMILES string of the molecule is COc1cc(CN2C[C@@H]3CC[C@H](C2)N(CC=C(C)C)C3=O)ccc1F. The number of fused-ring (bicyclic) bond motifs is 4. The number of methoxy groups -OCH3 is 1. The van der Waals surface area contributed by atoms with Gasteiger partial charge in [-0.2, -0.15) is 0 Å². The van der Waals surface area contributed by atoms with Gasteiger partial charge in [-0.15, -0.1) is 0 Å². The minimum atomic E-state index is -0.342. The number of carbonyl (C=O) groups is 1. The second kappa shape index (κ2) is 7.56. The van der Waals surface area contributed by atoms with Gasteiger partial charge in [0.25, 0.3) is 0 Å². The Morgan fingerprint density at radius 2 is 2.12 bits per heavy atom. The van der Waals surface area contributed by atoms with E-state index in [4.69, 9.17) is 4.74 Å². The topological polar surface area (TPSA) is 32.8 Å². The fraction of sp³-hybridized carbons (Fsp3) is 0.550. The summed E-state index contributed by atoms with van der Waals surface area (Å²) in [5.41, 5.74) is 2.26. The molecule has 136 valence electrons. The van der Waals surface area contributed by atoms with Crippen molar-refractivity contribution in [1.29, 1.82) is 0 Å². The average Bonchev–Trinajstić information content (AvgIpc) is 2.85. The smallest absolute Gasteiger partial charge is 0.227 e. The van der Waals surface area contributed by atoms with Gasteiger partial charge >= 0.3 is 0 Å². The van der Waals surface area contributed by atoms with Gasteiger partial charge in [-0.1, -0.05) is 17.7 Å². The molecule has 3 saturated heterocycles. The molecule has 3 aliphatic heterocycles. The number of piperidine rings is 1. The van der Waals surface area contributed by atoms with Crippen molar-refractivity contribution in [2.24, 2.45) is 5.92 Å². The van der Waals surface area contributed by atoms with E-state index in [1.807, 2.05) is 4.90 Å². The van der Waals surface area contributed by atoms with Crippen LogP contribution in [0, 0.1) is 11.7 Å². The Balaban J connectivity index is 1.73. The molecular weight excluding hydrogens is 319 g/mol. The van der Waals surface area contributed by atoms with Crippen LogP contribution in [0.1, 0.15) is 32.3 Å². The highest BCUT2D eigenvalue weighted by molar-refractivity contribution is 5.80. The predicted octanol–water partition coefficient (Wildman–Crippen LogP) is 3.22. The molecule has 2 bridgehead atoms. The Bertz CT molecular complexity index is 670. The minimum absolute atomic E-state index is 0.0756. The quantitative estimate of drug-likeness (QED) is 0.768. The normalized spacial score (nSPS) is 23.5. The van der Waals surface area contributed by atoms with E-state index in [1.165, 1.54) is 18.7 Å². The lowest BCUT2D eigenvalue weighted by Crippen LogP contribution is -2.47. The van der Waals surface area contributed by atoms with Gasteiger partial charge in [-0.3, -0.25) is 9.69 Å². The Morgan fingerprint density at radius 3 is 2.84 bits per heavy atom. The third-order valence-corrected chi connectivity index (χ3v) is 5.19. The van der Waals surface area contributed by atoms with Crippen LogP contribution in [-0.2, 0) is 11.3 Å². The molecule has 0 aliphatic carbocycles. The summed E-state index contributed by atoms with van der Waals surface area (Å²) >= 11 is 0. The van der Waals surface area contributed by atoms with Crippen molar-refractivity contribution < 1.29 is 13.9 Å². The minimum Gasteiger partial charge on any atom is -0.494 e. The first kappa shape index (κ1) is 17.9. The van der Waals surface area contributed by atoms with Gasteiger partial charge in [-0.25, -0.2) is 4.39 Å². The fourth-order valence-corrected chi connectivity index (χ4v) is 3.84. The molecule has 0 N–H and O–H groups in total. The second-order valence-electron chi connectivity index (χ2n) is 7.36. The molecule has 1 amide bonds. The molecule has 0 radical (unpaired) electrons. The summed E-state index contributed by atoms with van der Waals surface area (Å²) in [5.74, 6) is 0.293. The Morgan fingerprint density at radius 1 is 1.32 bits per heavy atom. The van der Waals surface area contributed by atoms with Crippen molar-refractivity contribution >= 4 is 5.91 Å². The Hall–Kier alpha value is -1.88. The zero-order valence-electron chi connectivity index (χ0n) is 15.3. The van der Waals surface area contributed by atoms with Crippen LogP contribution in [0.2, 0.25) is 0 Å². The molecule has 1 aromatic rings. The van der Waals surface area contributed by atoms with E-state index in [2.05, 4.69) is 24.8 Å². The first-order chi connectivity index (χ1) is 12.0. The van der Waals surface area contributed by atoms with E-state index in [-0.39, 0.29) is 29.4 Å². The van der Waals surface area contributed by atoms with Gasteiger partial charge in [-0.05, 0) is 44.4 Å². The lowest BCUT2D eigenvalue weighted by Gasteiger charge is -2.35. The summed E-state index contributed by atoms with van der Waals surface area (Å²) in [6, 6.07) is 5.27. The predicted molar refractivity (Wildman–Crippen MR) is 95.9 cm³/mol. The van der Waals surface area contributed by atoms with E-state index < -0.39 is 0 Å². The van der Waals surface area contributed by atoms with Crippen molar-refractivity contribution in [2.75, 3.05) is 26.7 Å². The average molecular weight is 346 g/mol. The molecule has 0 saturated carbocycles. The van der Waals surface area contributed by atoms with Gasteiger partial charge in [0.1, 0.15) is 0 Å². The zero-order valence-corrected chi connectivity index (χ0v) is 15.3. The molecule has 0 aromatic heterocycles. The van der Waals surface area contributed by atoms with Gasteiger partial charge in [0.05, 0.1) is 13.0 Å². The van der Waals surface area contributed by atoms with E-state index >= 15 is 0 Å². The molecule has 0 spiro atoms. The maximum Gasteiger partial charge on any atom is 0.227 e. The lowest BCUT2D eigenvalue weighted by atomic mass is 9.94. The summed E-state index contributed by atoms with van der Waals surface area (Å²) in [6.45, 7) is 7.20. The molecule has 3 fully saturated rings. The summed E-state index contributed by atoms with van der Waals surface area (Å²) < 4.78 is 18.7. The number of benzene rings is 1. The Labute approximate surface area is 149 Å². The van der Waals surface area contributed by atoms with Crippen LogP contribution in [0.5, 0.6) is 5.75 Å². The Kier molecular flexibility index (Phi) is 5.42. The molecule has 4 nitrogen and oxygen atoms in total. The second-order valence-corrected chi connectivity index (χ2v) is 7.36. The van der Waals surface area contributed by atoms with E-state index in [9.17, 15) is 9.18 Å². The van der Waals surface area contributed by atoms with Crippen LogP contribution in [0.4, 0.5) is 4.39 Å². The maximum atomic E-state index is 13.6. The number of halogens is 1.